The number of aromatic nitrogens is 1. The van der Waals surface area contributed by atoms with Crippen LogP contribution in [0.5, 0.6) is 0 Å². The van der Waals surface area contributed by atoms with Crippen LogP contribution in [0.1, 0.15) is 10.4 Å². The number of aromatic amines is 1. The van der Waals surface area contributed by atoms with Crippen molar-refractivity contribution in [2.45, 2.75) is 0 Å². The number of hydrogen-bond acceptors (Lipinski definition) is 2. The topological polar surface area (TPSA) is 45.2 Å². The van der Waals surface area contributed by atoms with Gasteiger partial charge in [-0.05, 0) is 18.3 Å². The first-order valence-electron chi connectivity index (χ1n) is 4.01. The third kappa shape index (κ3) is 1.37. The molecule has 0 fully saturated rings. The van der Waals surface area contributed by atoms with Gasteiger partial charge in [0.25, 0.3) is 5.91 Å². The number of benzene rings is 1. The highest BCUT2D eigenvalue weighted by molar-refractivity contribution is 7.78. The van der Waals surface area contributed by atoms with Gasteiger partial charge in [0, 0.05) is 17.1 Å². The largest absolute Gasteiger partial charge is 0.360 e. The summed E-state index contributed by atoms with van der Waals surface area (Å²) in [6.07, 6.45) is 1.63. The molecule has 4 heteroatoms. The van der Waals surface area contributed by atoms with Gasteiger partial charge in [-0.3, -0.25) is 4.79 Å². The Balaban J connectivity index is 2.64. The molecule has 2 rings (SSSR count). The maximum atomic E-state index is 11.4. The molecule has 0 aliphatic heterocycles. The number of fused-ring (bicyclic) bond motifs is 1. The normalized spacial score (nSPS) is 9.71. The first-order valence-corrected chi connectivity index (χ1v) is 4.42. The van der Waals surface area contributed by atoms with Gasteiger partial charge in [-0.25, -0.2) is 0 Å². The lowest BCUT2D eigenvalue weighted by atomic mass is 10.2. The summed E-state index contributed by atoms with van der Waals surface area (Å²) in [5.41, 5.74) is 1.44. The summed E-state index contributed by atoms with van der Waals surface area (Å²) >= 11 is 4.38. The molecule has 14 heavy (non-hydrogen) atoms. The van der Waals surface area contributed by atoms with Crippen LogP contribution in [-0.4, -0.2) is 16.1 Å². The molecule has 1 heterocycles. The highest BCUT2D eigenvalue weighted by Crippen LogP contribution is 2.17. The van der Waals surface area contributed by atoms with Crippen molar-refractivity contribution in [3.8, 4) is 0 Å². The lowest BCUT2D eigenvalue weighted by Crippen LogP contribution is -1.91. The number of isothiocyanates is 1. The molecule has 1 amide bonds. The second kappa shape index (κ2) is 3.54. The maximum absolute atomic E-state index is 11.4. The van der Waals surface area contributed by atoms with E-state index in [4.69, 9.17) is 0 Å². The van der Waals surface area contributed by atoms with Crippen LogP contribution < -0.4 is 0 Å². The number of H-pyrrole nitrogens is 1. The number of carbonyl (C=O) groups is 1. The van der Waals surface area contributed by atoms with E-state index in [2.05, 4.69) is 27.4 Å². The average Bonchev–Trinajstić information content (AvgIpc) is 2.61. The smallest absolute Gasteiger partial charge is 0.288 e. The summed E-state index contributed by atoms with van der Waals surface area (Å²) < 4.78 is 0. The zero-order chi connectivity index (χ0) is 9.97. The lowest BCUT2D eigenvalue weighted by Gasteiger charge is -1.90. The number of nitrogens with zero attached hydrogens (tertiary/aromatic N) is 1. The third-order valence-electron chi connectivity index (χ3n) is 1.97. The van der Waals surface area contributed by atoms with E-state index in [0.29, 0.717) is 5.56 Å². The lowest BCUT2D eigenvalue weighted by molar-refractivity contribution is 0.101. The molecule has 0 atom stereocenters. The standard InChI is InChI=1S/C10H6N2OS/c13-10(12-6-14)8-5-11-9-4-2-1-3-7(8)9/h1-5,11H. The maximum Gasteiger partial charge on any atom is 0.288 e. The zero-order valence-electron chi connectivity index (χ0n) is 7.15. The van der Waals surface area contributed by atoms with Gasteiger partial charge >= 0.3 is 0 Å². The summed E-state index contributed by atoms with van der Waals surface area (Å²) in [5.74, 6) is -0.363. The number of hydrogen-bond donors (Lipinski definition) is 1. The molecule has 1 aromatic carbocycles. The Bertz CT molecular complexity index is 538. The van der Waals surface area contributed by atoms with Crippen LogP contribution in [-0.2, 0) is 0 Å². The van der Waals surface area contributed by atoms with Crippen molar-refractivity contribution in [1.82, 2.24) is 4.98 Å². The Morgan fingerprint density at radius 2 is 2.21 bits per heavy atom. The Labute approximate surface area is 85.5 Å². The van der Waals surface area contributed by atoms with Crippen LogP contribution in [0.3, 0.4) is 0 Å². The molecule has 0 bridgehead atoms. The Kier molecular flexibility index (Phi) is 2.23. The van der Waals surface area contributed by atoms with Gasteiger partial charge in [0.15, 0.2) is 0 Å². The van der Waals surface area contributed by atoms with Gasteiger partial charge < -0.3 is 4.98 Å². The van der Waals surface area contributed by atoms with E-state index in [9.17, 15) is 4.79 Å². The first kappa shape index (κ1) is 8.81. The van der Waals surface area contributed by atoms with Crippen molar-refractivity contribution in [2.24, 2.45) is 4.99 Å². The van der Waals surface area contributed by atoms with Crippen molar-refractivity contribution in [2.75, 3.05) is 0 Å². The molecule has 1 N–H and O–H groups in total. The van der Waals surface area contributed by atoms with Crippen LogP contribution in [0.15, 0.2) is 35.5 Å². The van der Waals surface area contributed by atoms with Gasteiger partial charge in [-0.1, -0.05) is 18.2 Å². The fraction of sp³-hybridized carbons (Fsp3) is 0. The van der Waals surface area contributed by atoms with Crippen molar-refractivity contribution < 1.29 is 4.79 Å². The molecule has 0 unspecified atom stereocenters. The minimum atomic E-state index is -0.363. The molecule has 0 aliphatic carbocycles. The summed E-state index contributed by atoms with van der Waals surface area (Å²) in [6, 6.07) is 7.52. The third-order valence-corrected chi connectivity index (χ3v) is 2.06. The van der Waals surface area contributed by atoms with E-state index in [0.717, 1.165) is 10.9 Å². The highest BCUT2D eigenvalue weighted by atomic mass is 32.1. The molecular formula is C10H6N2OS. The average molecular weight is 202 g/mol. The molecular weight excluding hydrogens is 196 g/mol. The van der Waals surface area contributed by atoms with E-state index in [-0.39, 0.29) is 5.91 Å². The fourth-order valence-electron chi connectivity index (χ4n) is 1.35. The van der Waals surface area contributed by atoms with Crippen molar-refractivity contribution in [3.63, 3.8) is 0 Å². The predicted octanol–water partition coefficient (Wildman–Crippen LogP) is 2.41. The number of thiocarbonyl (C=S) groups is 1. The van der Waals surface area contributed by atoms with Crippen molar-refractivity contribution in [1.29, 1.82) is 0 Å². The fourth-order valence-corrected chi connectivity index (χ4v) is 1.43. The summed E-state index contributed by atoms with van der Waals surface area (Å²) in [5, 5.41) is 2.92. The monoisotopic (exact) mass is 202 g/mol. The van der Waals surface area contributed by atoms with E-state index < -0.39 is 0 Å². The predicted molar refractivity (Wildman–Crippen MR) is 57.7 cm³/mol. The Morgan fingerprint density at radius 3 is 3.00 bits per heavy atom. The minimum Gasteiger partial charge on any atom is -0.360 e. The molecule has 0 saturated heterocycles. The number of carbonyl (C=O) groups excluding carboxylic acids is 1. The number of amides is 1. The molecule has 0 spiro atoms. The van der Waals surface area contributed by atoms with Crippen LogP contribution in [0, 0.1) is 0 Å². The summed E-state index contributed by atoms with van der Waals surface area (Å²) in [7, 11) is 0. The summed E-state index contributed by atoms with van der Waals surface area (Å²) in [4.78, 5) is 17.8. The number of para-hydroxylation sites is 1. The van der Waals surface area contributed by atoms with Crippen LogP contribution in [0.25, 0.3) is 10.9 Å². The van der Waals surface area contributed by atoms with Crippen LogP contribution in [0.2, 0.25) is 0 Å². The highest BCUT2D eigenvalue weighted by Gasteiger charge is 2.09. The minimum absolute atomic E-state index is 0.363. The molecule has 0 radical (unpaired) electrons. The quantitative estimate of drug-likeness (QED) is 0.570. The second-order valence-electron chi connectivity index (χ2n) is 2.76. The molecule has 0 aliphatic rings. The Hall–Kier alpha value is -1.77. The van der Waals surface area contributed by atoms with Crippen LogP contribution in [0.4, 0.5) is 0 Å². The van der Waals surface area contributed by atoms with Gasteiger partial charge in [0.1, 0.15) is 0 Å². The van der Waals surface area contributed by atoms with Gasteiger partial charge in [-0.2, -0.15) is 4.99 Å². The van der Waals surface area contributed by atoms with Crippen molar-refractivity contribution in [3.05, 3.63) is 36.0 Å². The Morgan fingerprint density at radius 1 is 1.43 bits per heavy atom. The molecule has 3 nitrogen and oxygen atoms in total. The van der Waals surface area contributed by atoms with E-state index in [1.165, 1.54) is 0 Å². The second-order valence-corrected chi connectivity index (χ2v) is 2.94. The van der Waals surface area contributed by atoms with E-state index in [1.54, 1.807) is 6.20 Å². The van der Waals surface area contributed by atoms with Gasteiger partial charge in [-0.15, -0.1) is 0 Å². The van der Waals surface area contributed by atoms with Crippen molar-refractivity contribution >= 4 is 34.2 Å². The van der Waals surface area contributed by atoms with Crippen LogP contribution >= 0.6 is 12.2 Å². The molecule has 0 saturated carbocycles. The number of rotatable bonds is 1. The van der Waals surface area contributed by atoms with Gasteiger partial charge in [0.05, 0.1) is 10.7 Å². The SMILES string of the molecule is O=C(N=C=S)c1c[nH]c2ccccc12. The molecule has 68 valence electrons. The van der Waals surface area contributed by atoms with E-state index in [1.807, 2.05) is 24.3 Å². The number of aliphatic imine (C=N–C) groups is 1. The van der Waals surface area contributed by atoms with E-state index >= 15 is 0 Å². The van der Waals surface area contributed by atoms with Gasteiger partial charge in [0.2, 0.25) is 0 Å². The molecule has 1 aromatic heterocycles. The summed E-state index contributed by atoms with van der Waals surface area (Å²) in [6.45, 7) is 0. The zero-order valence-corrected chi connectivity index (χ0v) is 7.97. The molecule has 2 aromatic rings. The number of nitrogens with one attached hydrogen (secondary N) is 1. The first-order chi connectivity index (χ1) is 6.83.